The highest BCUT2D eigenvalue weighted by Crippen LogP contribution is 2.28. The third-order valence-corrected chi connectivity index (χ3v) is 4.63. The summed E-state index contributed by atoms with van der Waals surface area (Å²) in [6.07, 6.45) is 0.430. The fourth-order valence-corrected chi connectivity index (χ4v) is 2.99. The zero-order chi connectivity index (χ0) is 18.8. The second kappa shape index (κ2) is 11.0. The van der Waals surface area contributed by atoms with Crippen LogP contribution in [-0.4, -0.2) is 47.5 Å². The molecule has 0 aromatic heterocycles. The summed E-state index contributed by atoms with van der Waals surface area (Å²) in [7, 11) is 0. The van der Waals surface area contributed by atoms with Gasteiger partial charge >= 0.3 is 0 Å². The van der Waals surface area contributed by atoms with Crippen molar-refractivity contribution in [2.24, 2.45) is 0 Å². The fourth-order valence-electron chi connectivity index (χ4n) is 2.99. The molecule has 2 aromatic carbocycles. The van der Waals surface area contributed by atoms with Gasteiger partial charge in [0, 0.05) is 19.6 Å². The van der Waals surface area contributed by atoms with E-state index in [1.165, 1.54) is 5.56 Å². The van der Waals surface area contributed by atoms with Crippen LogP contribution >= 0.6 is 0 Å². The number of benzene rings is 2. The van der Waals surface area contributed by atoms with Gasteiger partial charge in [-0.1, -0.05) is 62.4 Å². The van der Waals surface area contributed by atoms with E-state index in [4.69, 9.17) is 4.74 Å². The minimum atomic E-state index is -0.616. The Morgan fingerprint density at radius 2 is 1.73 bits per heavy atom. The zero-order valence-electron chi connectivity index (χ0n) is 15.8. The molecular formula is C22H31NO3. The second-order valence-electron chi connectivity index (χ2n) is 6.76. The number of rotatable bonds is 11. The maximum absolute atomic E-state index is 10.4. The van der Waals surface area contributed by atoms with Crippen molar-refractivity contribution in [1.82, 2.24) is 4.90 Å². The van der Waals surface area contributed by atoms with E-state index in [0.717, 1.165) is 17.7 Å². The molecule has 0 amide bonds. The Bertz CT molecular complexity index is 632. The van der Waals surface area contributed by atoms with Crippen LogP contribution in [0.25, 0.3) is 0 Å². The molecule has 4 heteroatoms. The molecule has 0 saturated carbocycles. The molecular weight excluding hydrogens is 326 g/mol. The first-order valence-corrected chi connectivity index (χ1v) is 9.41. The Balaban J connectivity index is 1.91. The Morgan fingerprint density at radius 1 is 1.04 bits per heavy atom. The molecule has 0 bridgehead atoms. The van der Waals surface area contributed by atoms with E-state index in [1.807, 2.05) is 41.3 Å². The number of hydrogen-bond acceptors (Lipinski definition) is 4. The Labute approximate surface area is 157 Å². The van der Waals surface area contributed by atoms with Crippen LogP contribution in [0.4, 0.5) is 0 Å². The van der Waals surface area contributed by atoms with Gasteiger partial charge in [0.2, 0.25) is 0 Å². The highest BCUT2D eigenvalue weighted by Gasteiger charge is 2.15. The van der Waals surface area contributed by atoms with Gasteiger partial charge in [0.1, 0.15) is 18.5 Å². The molecule has 26 heavy (non-hydrogen) atoms. The molecule has 4 nitrogen and oxygen atoms in total. The van der Waals surface area contributed by atoms with E-state index in [1.54, 1.807) is 0 Å². The van der Waals surface area contributed by atoms with Crippen LogP contribution in [0.2, 0.25) is 0 Å². The molecule has 0 unspecified atom stereocenters. The summed E-state index contributed by atoms with van der Waals surface area (Å²) in [6, 6.07) is 18.1. The Kier molecular flexibility index (Phi) is 8.62. The molecule has 2 aromatic rings. The van der Waals surface area contributed by atoms with Gasteiger partial charge in [-0.15, -0.1) is 0 Å². The number of para-hydroxylation sites is 1. The molecule has 0 aliphatic rings. The molecule has 0 radical (unpaired) electrons. The van der Waals surface area contributed by atoms with Crippen molar-refractivity contribution in [2.45, 2.75) is 38.8 Å². The van der Waals surface area contributed by atoms with Gasteiger partial charge in [-0.05, 0) is 29.5 Å². The van der Waals surface area contributed by atoms with Gasteiger partial charge in [0.25, 0.3) is 0 Å². The Morgan fingerprint density at radius 3 is 2.42 bits per heavy atom. The van der Waals surface area contributed by atoms with Crippen LogP contribution in [0.5, 0.6) is 5.75 Å². The predicted molar refractivity (Wildman–Crippen MR) is 105 cm³/mol. The van der Waals surface area contributed by atoms with E-state index in [0.29, 0.717) is 25.6 Å². The average Bonchev–Trinajstić information content (AvgIpc) is 2.67. The van der Waals surface area contributed by atoms with Gasteiger partial charge in [0.15, 0.2) is 0 Å². The van der Waals surface area contributed by atoms with Crippen LogP contribution in [0.1, 0.15) is 37.3 Å². The van der Waals surface area contributed by atoms with Crippen LogP contribution in [0.15, 0.2) is 54.6 Å². The van der Waals surface area contributed by atoms with Crippen LogP contribution in [0, 0.1) is 0 Å². The monoisotopic (exact) mass is 357 g/mol. The molecule has 0 saturated heterocycles. The SMILES string of the molecule is CC[C@H](C)c1ccccc1OC[C@H](O)CN(CCO)Cc1ccccc1. The lowest BCUT2D eigenvalue weighted by molar-refractivity contribution is 0.0586. The van der Waals surface area contributed by atoms with Crippen molar-refractivity contribution in [3.8, 4) is 5.75 Å². The summed E-state index contributed by atoms with van der Waals surface area (Å²) >= 11 is 0. The van der Waals surface area contributed by atoms with E-state index >= 15 is 0 Å². The molecule has 0 spiro atoms. The van der Waals surface area contributed by atoms with Crippen molar-refractivity contribution in [3.05, 3.63) is 65.7 Å². The third kappa shape index (κ3) is 6.45. The summed E-state index contributed by atoms with van der Waals surface area (Å²) in [6.45, 7) is 6.33. The predicted octanol–water partition coefficient (Wildman–Crippen LogP) is 3.43. The third-order valence-electron chi connectivity index (χ3n) is 4.63. The standard InChI is InChI=1S/C22H31NO3/c1-3-18(2)21-11-7-8-12-22(21)26-17-20(25)16-23(13-14-24)15-19-9-5-4-6-10-19/h4-12,18,20,24-25H,3,13-17H2,1-2H3/t18-,20+/m0/s1. The summed E-state index contributed by atoms with van der Waals surface area (Å²) < 4.78 is 5.91. The van der Waals surface area contributed by atoms with Gasteiger partial charge in [-0.2, -0.15) is 0 Å². The second-order valence-corrected chi connectivity index (χ2v) is 6.76. The van der Waals surface area contributed by atoms with Gasteiger partial charge in [-0.3, -0.25) is 4.90 Å². The first kappa shape index (κ1) is 20.4. The highest BCUT2D eigenvalue weighted by molar-refractivity contribution is 5.35. The normalized spacial score (nSPS) is 13.6. The summed E-state index contributed by atoms with van der Waals surface area (Å²) in [5.41, 5.74) is 2.34. The molecule has 2 N–H and O–H groups in total. The molecule has 0 heterocycles. The molecule has 142 valence electrons. The summed E-state index contributed by atoms with van der Waals surface area (Å²) in [5.74, 6) is 1.27. The minimum Gasteiger partial charge on any atom is -0.491 e. The first-order chi connectivity index (χ1) is 12.6. The molecule has 0 aliphatic heterocycles. The van der Waals surface area contributed by atoms with Crippen molar-refractivity contribution in [1.29, 1.82) is 0 Å². The van der Waals surface area contributed by atoms with E-state index in [9.17, 15) is 10.2 Å². The average molecular weight is 357 g/mol. The van der Waals surface area contributed by atoms with Gasteiger partial charge in [0.05, 0.1) is 6.61 Å². The summed E-state index contributed by atoms with van der Waals surface area (Å²) in [4.78, 5) is 2.05. The molecule has 2 rings (SSSR count). The zero-order valence-corrected chi connectivity index (χ0v) is 15.8. The van der Waals surface area contributed by atoms with Crippen molar-refractivity contribution < 1.29 is 14.9 Å². The number of ether oxygens (including phenoxy) is 1. The van der Waals surface area contributed by atoms with E-state index < -0.39 is 6.10 Å². The number of aliphatic hydroxyl groups excluding tert-OH is 2. The van der Waals surface area contributed by atoms with Crippen molar-refractivity contribution in [3.63, 3.8) is 0 Å². The number of nitrogens with zero attached hydrogens (tertiary/aromatic N) is 1. The maximum atomic E-state index is 10.4. The van der Waals surface area contributed by atoms with Crippen molar-refractivity contribution in [2.75, 3.05) is 26.3 Å². The van der Waals surface area contributed by atoms with Crippen LogP contribution in [0.3, 0.4) is 0 Å². The first-order valence-electron chi connectivity index (χ1n) is 9.41. The van der Waals surface area contributed by atoms with Crippen molar-refractivity contribution >= 4 is 0 Å². The fraction of sp³-hybridized carbons (Fsp3) is 0.455. The van der Waals surface area contributed by atoms with Crippen LogP contribution < -0.4 is 4.74 Å². The van der Waals surface area contributed by atoms with E-state index in [2.05, 4.69) is 32.0 Å². The van der Waals surface area contributed by atoms with Crippen LogP contribution in [-0.2, 0) is 6.54 Å². The quantitative estimate of drug-likeness (QED) is 0.647. The smallest absolute Gasteiger partial charge is 0.122 e. The lowest BCUT2D eigenvalue weighted by Crippen LogP contribution is -2.37. The lowest BCUT2D eigenvalue weighted by atomic mass is 9.98. The highest BCUT2D eigenvalue weighted by atomic mass is 16.5. The summed E-state index contributed by atoms with van der Waals surface area (Å²) in [5, 5.41) is 19.7. The minimum absolute atomic E-state index is 0.0667. The topological polar surface area (TPSA) is 52.9 Å². The number of hydrogen-bond donors (Lipinski definition) is 2. The van der Waals surface area contributed by atoms with E-state index in [-0.39, 0.29) is 13.2 Å². The number of aliphatic hydroxyl groups is 2. The maximum Gasteiger partial charge on any atom is 0.122 e. The lowest BCUT2D eigenvalue weighted by Gasteiger charge is -2.25. The molecule has 0 aliphatic carbocycles. The molecule has 2 atom stereocenters. The molecule has 0 fully saturated rings. The van der Waals surface area contributed by atoms with Gasteiger partial charge in [-0.25, -0.2) is 0 Å². The van der Waals surface area contributed by atoms with Gasteiger partial charge < -0.3 is 14.9 Å². The largest absolute Gasteiger partial charge is 0.491 e. The Hall–Kier alpha value is -1.88.